The van der Waals surface area contributed by atoms with Gasteiger partial charge < -0.3 is 25.2 Å². The minimum Gasteiger partial charge on any atom is -0.508 e. The molecule has 0 unspecified atom stereocenters. The van der Waals surface area contributed by atoms with Crippen LogP contribution in [0.3, 0.4) is 0 Å². The molecule has 0 bridgehead atoms. The van der Waals surface area contributed by atoms with Gasteiger partial charge in [-0.25, -0.2) is 0 Å². The van der Waals surface area contributed by atoms with Gasteiger partial charge in [-0.15, -0.1) is 0 Å². The van der Waals surface area contributed by atoms with Crippen LogP contribution in [0.4, 0.5) is 5.69 Å². The third-order valence-electron chi connectivity index (χ3n) is 4.68. The van der Waals surface area contributed by atoms with Gasteiger partial charge in [0.1, 0.15) is 11.5 Å². The van der Waals surface area contributed by atoms with E-state index >= 15 is 0 Å². The van der Waals surface area contributed by atoms with Crippen molar-refractivity contribution in [2.75, 3.05) is 31.6 Å². The Bertz CT molecular complexity index is 888. The lowest BCUT2D eigenvalue weighted by Gasteiger charge is -2.27. The summed E-state index contributed by atoms with van der Waals surface area (Å²) in [5, 5.41) is 22.7. The van der Waals surface area contributed by atoms with Crippen LogP contribution in [0.15, 0.2) is 36.4 Å². The molecule has 0 aliphatic carbocycles. The van der Waals surface area contributed by atoms with Crippen LogP contribution in [-0.2, 0) is 4.74 Å². The highest BCUT2D eigenvalue weighted by Crippen LogP contribution is 2.32. The first-order chi connectivity index (χ1) is 13.4. The van der Waals surface area contributed by atoms with Gasteiger partial charge in [-0.1, -0.05) is 19.9 Å². The van der Waals surface area contributed by atoms with E-state index in [9.17, 15) is 19.8 Å². The van der Waals surface area contributed by atoms with E-state index in [1.54, 1.807) is 29.2 Å². The molecule has 3 rings (SSSR count). The molecule has 1 heterocycles. The van der Waals surface area contributed by atoms with Gasteiger partial charge in [0.2, 0.25) is 0 Å². The quantitative estimate of drug-likeness (QED) is 0.753. The maximum Gasteiger partial charge on any atom is 0.259 e. The van der Waals surface area contributed by atoms with E-state index in [-0.39, 0.29) is 28.9 Å². The lowest BCUT2D eigenvalue weighted by Crippen LogP contribution is -2.40. The predicted octanol–water partition coefficient (Wildman–Crippen LogP) is 2.95. The van der Waals surface area contributed by atoms with Crippen LogP contribution in [0.5, 0.6) is 11.5 Å². The minimum atomic E-state index is -0.518. The first-order valence-electron chi connectivity index (χ1n) is 9.21. The van der Waals surface area contributed by atoms with Crippen LogP contribution in [-0.4, -0.2) is 53.2 Å². The molecule has 7 nitrogen and oxygen atoms in total. The van der Waals surface area contributed by atoms with Gasteiger partial charge in [0.05, 0.1) is 18.8 Å². The summed E-state index contributed by atoms with van der Waals surface area (Å²) in [7, 11) is 0. The molecular weight excluding hydrogens is 360 g/mol. The number of hydrogen-bond acceptors (Lipinski definition) is 5. The number of carbonyl (C=O) groups excluding carboxylic acids is 2. The van der Waals surface area contributed by atoms with E-state index in [1.165, 1.54) is 12.1 Å². The van der Waals surface area contributed by atoms with Crippen molar-refractivity contribution in [3.8, 4) is 11.5 Å². The number of anilines is 1. The molecule has 0 atom stereocenters. The summed E-state index contributed by atoms with van der Waals surface area (Å²) in [6.07, 6.45) is 0. The molecule has 1 saturated heterocycles. The first-order valence-corrected chi connectivity index (χ1v) is 9.21. The molecule has 1 fully saturated rings. The molecule has 7 heteroatoms. The highest BCUT2D eigenvalue weighted by atomic mass is 16.5. The third kappa shape index (κ3) is 4.26. The Morgan fingerprint density at radius 2 is 1.79 bits per heavy atom. The number of hydrogen-bond donors (Lipinski definition) is 3. The van der Waals surface area contributed by atoms with Gasteiger partial charge in [-0.3, -0.25) is 9.59 Å². The second-order valence-electron chi connectivity index (χ2n) is 7.02. The Balaban J connectivity index is 1.80. The molecule has 0 spiro atoms. The summed E-state index contributed by atoms with van der Waals surface area (Å²) in [4.78, 5) is 27.0. The molecule has 1 aliphatic rings. The number of morpholine rings is 1. The van der Waals surface area contributed by atoms with Crippen LogP contribution in [0.25, 0.3) is 0 Å². The van der Waals surface area contributed by atoms with Crippen LogP contribution in [0, 0.1) is 0 Å². The predicted molar refractivity (Wildman–Crippen MR) is 105 cm³/mol. The second-order valence-corrected chi connectivity index (χ2v) is 7.02. The fourth-order valence-corrected chi connectivity index (χ4v) is 3.12. The number of ether oxygens (including phenoxy) is 1. The highest BCUT2D eigenvalue weighted by Gasteiger charge is 2.20. The number of aromatic hydroxyl groups is 2. The van der Waals surface area contributed by atoms with E-state index in [4.69, 9.17) is 4.74 Å². The topological polar surface area (TPSA) is 99.1 Å². The molecular formula is C21H24N2O5. The number of nitrogens with one attached hydrogen (secondary N) is 1. The summed E-state index contributed by atoms with van der Waals surface area (Å²) >= 11 is 0. The molecule has 0 radical (unpaired) electrons. The van der Waals surface area contributed by atoms with Gasteiger partial charge >= 0.3 is 0 Å². The van der Waals surface area contributed by atoms with Gasteiger partial charge in [-0.2, -0.15) is 0 Å². The van der Waals surface area contributed by atoms with E-state index in [1.807, 2.05) is 13.8 Å². The van der Waals surface area contributed by atoms with E-state index < -0.39 is 5.91 Å². The molecule has 2 aromatic carbocycles. The van der Waals surface area contributed by atoms with Gasteiger partial charge in [0.15, 0.2) is 0 Å². The number of nitrogens with zero attached hydrogens (tertiary/aromatic N) is 1. The summed E-state index contributed by atoms with van der Waals surface area (Å²) in [6.45, 7) is 5.87. The Hall–Kier alpha value is -3.06. The smallest absolute Gasteiger partial charge is 0.259 e. The fraction of sp³-hybridized carbons (Fsp3) is 0.333. The summed E-state index contributed by atoms with van der Waals surface area (Å²) in [5.41, 5.74) is 1.55. The number of benzene rings is 2. The monoisotopic (exact) mass is 384 g/mol. The standard InChI is InChI=1S/C21H24N2O5/c1-13(2)16-11-17(19(25)12-18(16)24)20(26)22-15-5-3-4-14(10-15)21(27)23-6-8-28-9-7-23/h3-5,10-13,24-25H,6-9H2,1-2H3,(H,22,26). The second kappa shape index (κ2) is 8.31. The molecule has 148 valence electrons. The Labute approximate surface area is 163 Å². The summed E-state index contributed by atoms with van der Waals surface area (Å²) < 4.78 is 5.26. The van der Waals surface area contributed by atoms with Crippen molar-refractivity contribution in [2.24, 2.45) is 0 Å². The van der Waals surface area contributed by atoms with Crippen LogP contribution >= 0.6 is 0 Å². The van der Waals surface area contributed by atoms with Crippen molar-refractivity contribution in [3.63, 3.8) is 0 Å². The number of carbonyl (C=O) groups is 2. The largest absolute Gasteiger partial charge is 0.508 e. The summed E-state index contributed by atoms with van der Waals surface area (Å²) in [6, 6.07) is 9.32. The van der Waals surface area contributed by atoms with E-state index in [0.29, 0.717) is 43.1 Å². The van der Waals surface area contributed by atoms with Crippen molar-refractivity contribution >= 4 is 17.5 Å². The zero-order valence-corrected chi connectivity index (χ0v) is 15.9. The number of amides is 2. The Morgan fingerprint density at radius 3 is 2.46 bits per heavy atom. The molecule has 0 aromatic heterocycles. The third-order valence-corrected chi connectivity index (χ3v) is 4.68. The van der Waals surface area contributed by atoms with Crippen molar-refractivity contribution in [1.29, 1.82) is 0 Å². The molecule has 2 amide bonds. The molecule has 3 N–H and O–H groups in total. The normalized spacial score (nSPS) is 14.2. The van der Waals surface area contributed by atoms with Crippen molar-refractivity contribution < 1.29 is 24.5 Å². The average molecular weight is 384 g/mol. The first kappa shape index (κ1) is 19.7. The number of phenols is 2. The Morgan fingerprint density at radius 1 is 1.07 bits per heavy atom. The molecule has 0 saturated carbocycles. The number of rotatable bonds is 4. The van der Waals surface area contributed by atoms with Crippen LogP contribution < -0.4 is 5.32 Å². The number of phenolic OH excluding ortho intramolecular Hbond substituents is 2. The van der Waals surface area contributed by atoms with Gasteiger partial charge in [0, 0.05) is 30.4 Å². The average Bonchev–Trinajstić information content (AvgIpc) is 2.68. The fourth-order valence-electron chi connectivity index (χ4n) is 3.12. The molecule has 1 aliphatic heterocycles. The Kier molecular flexibility index (Phi) is 5.84. The lowest BCUT2D eigenvalue weighted by molar-refractivity contribution is 0.0303. The zero-order valence-electron chi connectivity index (χ0n) is 15.9. The zero-order chi connectivity index (χ0) is 20.3. The van der Waals surface area contributed by atoms with Gasteiger partial charge in [-0.05, 0) is 35.7 Å². The van der Waals surface area contributed by atoms with Crippen molar-refractivity contribution in [3.05, 3.63) is 53.1 Å². The van der Waals surface area contributed by atoms with Crippen LogP contribution in [0.2, 0.25) is 0 Å². The van der Waals surface area contributed by atoms with Crippen LogP contribution in [0.1, 0.15) is 46.0 Å². The summed E-state index contributed by atoms with van der Waals surface area (Å²) in [5.74, 6) is -1.01. The van der Waals surface area contributed by atoms with Crippen molar-refractivity contribution in [1.82, 2.24) is 4.90 Å². The lowest BCUT2D eigenvalue weighted by atomic mass is 9.98. The maximum atomic E-state index is 12.6. The maximum absolute atomic E-state index is 12.6. The highest BCUT2D eigenvalue weighted by molar-refractivity contribution is 6.07. The van der Waals surface area contributed by atoms with E-state index in [0.717, 1.165) is 0 Å². The molecule has 2 aromatic rings. The minimum absolute atomic E-state index is 0.0124. The molecule has 28 heavy (non-hydrogen) atoms. The van der Waals surface area contributed by atoms with Gasteiger partial charge in [0.25, 0.3) is 11.8 Å². The van der Waals surface area contributed by atoms with E-state index in [2.05, 4.69) is 5.32 Å². The SMILES string of the molecule is CC(C)c1cc(C(=O)Nc2cccc(C(=O)N3CCOCC3)c2)c(O)cc1O. The van der Waals surface area contributed by atoms with Crippen molar-refractivity contribution in [2.45, 2.75) is 19.8 Å².